The van der Waals surface area contributed by atoms with Crippen molar-refractivity contribution in [3.63, 3.8) is 0 Å². The summed E-state index contributed by atoms with van der Waals surface area (Å²) in [6.45, 7) is 3.75. The highest BCUT2D eigenvalue weighted by Crippen LogP contribution is 2.22. The number of amides is 1. The first-order valence-electron chi connectivity index (χ1n) is 9.70. The third-order valence-corrected chi connectivity index (χ3v) is 5.71. The Kier molecular flexibility index (Phi) is 5.86. The number of nitrogens with one attached hydrogen (secondary N) is 1. The van der Waals surface area contributed by atoms with Crippen LogP contribution < -0.4 is 10.9 Å². The summed E-state index contributed by atoms with van der Waals surface area (Å²) >= 11 is 1.13. The molecule has 1 N–H and O–H groups in total. The van der Waals surface area contributed by atoms with Gasteiger partial charge in [0, 0.05) is 0 Å². The van der Waals surface area contributed by atoms with E-state index in [1.165, 1.54) is 16.7 Å². The molecule has 0 spiro atoms. The van der Waals surface area contributed by atoms with Gasteiger partial charge in [0.1, 0.15) is 5.82 Å². The van der Waals surface area contributed by atoms with Crippen molar-refractivity contribution in [1.29, 1.82) is 0 Å². The number of aromatic nitrogens is 2. The van der Waals surface area contributed by atoms with Crippen molar-refractivity contribution >= 4 is 34.3 Å². The number of fused-ring (bicyclic) bond motifs is 1. The molecular formula is C24H20FN3O2S. The number of thioether (sulfide) groups is 1. The van der Waals surface area contributed by atoms with E-state index in [1.54, 1.807) is 31.2 Å². The Hall–Kier alpha value is -3.45. The average molecular weight is 434 g/mol. The Balaban J connectivity index is 1.66. The number of anilines is 1. The number of rotatable bonds is 5. The van der Waals surface area contributed by atoms with Crippen molar-refractivity contribution in [1.82, 2.24) is 9.55 Å². The Morgan fingerprint density at radius 1 is 1.03 bits per heavy atom. The molecule has 0 aliphatic rings. The Morgan fingerprint density at radius 3 is 2.48 bits per heavy atom. The van der Waals surface area contributed by atoms with Crippen molar-refractivity contribution in [3.05, 3.63) is 94.0 Å². The van der Waals surface area contributed by atoms with Crippen LogP contribution in [0.3, 0.4) is 0 Å². The molecule has 0 aliphatic carbocycles. The molecule has 0 aliphatic heterocycles. The lowest BCUT2D eigenvalue weighted by atomic mass is 10.2. The minimum Gasteiger partial charge on any atom is -0.323 e. The topological polar surface area (TPSA) is 64.0 Å². The summed E-state index contributed by atoms with van der Waals surface area (Å²) in [6, 6.07) is 19.2. The third-order valence-electron chi connectivity index (χ3n) is 4.77. The maximum atomic E-state index is 14.0. The smallest absolute Gasteiger partial charge is 0.266 e. The second-order valence-corrected chi connectivity index (χ2v) is 8.15. The molecular weight excluding hydrogens is 413 g/mol. The molecule has 0 radical (unpaired) electrons. The normalized spacial score (nSPS) is 10.9. The van der Waals surface area contributed by atoms with Crippen LogP contribution in [-0.4, -0.2) is 21.2 Å². The summed E-state index contributed by atoms with van der Waals surface area (Å²) in [5, 5.41) is 3.47. The van der Waals surface area contributed by atoms with E-state index in [4.69, 9.17) is 0 Å². The number of carbonyl (C=O) groups is 1. The summed E-state index contributed by atoms with van der Waals surface area (Å²) in [5.41, 5.74) is 2.98. The number of benzene rings is 3. The lowest BCUT2D eigenvalue weighted by Crippen LogP contribution is -2.23. The quantitative estimate of drug-likeness (QED) is 0.360. The van der Waals surface area contributed by atoms with Gasteiger partial charge in [-0.05, 0) is 55.8 Å². The number of carbonyl (C=O) groups excluding carboxylic acids is 1. The predicted molar refractivity (Wildman–Crippen MR) is 123 cm³/mol. The molecule has 0 bridgehead atoms. The van der Waals surface area contributed by atoms with E-state index in [0.29, 0.717) is 21.7 Å². The average Bonchev–Trinajstić information content (AvgIpc) is 2.75. The molecule has 0 unspecified atom stereocenters. The number of aryl methyl sites for hydroxylation is 2. The van der Waals surface area contributed by atoms with Gasteiger partial charge in [0.25, 0.3) is 5.56 Å². The van der Waals surface area contributed by atoms with Crippen LogP contribution in [0.15, 0.2) is 76.7 Å². The minimum absolute atomic E-state index is 0.0239. The molecule has 3 aromatic carbocycles. The highest BCUT2D eigenvalue weighted by molar-refractivity contribution is 7.99. The number of hydrogen-bond donors (Lipinski definition) is 1. The van der Waals surface area contributed by atoms with Crippen LogP contribution in [-0.2, 0) is 4.79 Å². The molecule has 1 heterocycles. The summed E-state index contributed by atoms with van der Waals surface area (Å²) in [7, 11) is 0. The van der Waals surface area contributed by atoms with Crippen LogP contribution in [0.1, 0.15) is 11.1 Å². The molecule has 156 valence electrons. The zero-order chi connectivity index (χ0) is 22.0. The fraction of sp³-hybridized carbons (Fsp3) is 0.125. The van der Waals surface area contributed by atoms with Gasteiger partial charge in [-0.2, -0.15) is 0 Å². The first-order chi connectivity index (χ1) is 14.9. The molecule has 0 fully saturated rings. The van der Waals surface area contributed by atoms with Crippen LogP contribution in [0.4, 0.5) is 10.1 Å². The van der Waals surface area contributed by atoms with Gasteiger partial charge in [0.2, 0.25) is 5.91 Å². The number of halogens is 1. The molecule has 0 atom stereocenters. The van der Waals surface area contributed by atoms with Crippen molar-refractivity contribution < 1.29 is 9.18 Å². The van der Waals surface area contributed by atoms with Crippen LogP contribution in [0, 0.1) is 19.7 Å². The molecule has 31 heavy (non-hydrogen) atoms. The van der Waals surface area contributed by atoms with Gasteiger partial charge >= 0.3 is 0 Å². The lowest BCUT2D eigenvalue weighted by Gasteiger charge is -2.13. The van der Waals surface area contributed by atoms with Gasteiger partial charge in [-0.3, -0.25) is 14.2 Å². The lowest BCUT2D eigenvalue weighted by molar-refractivity contribution is -0.113. The fourth-order valence-electron chi connectivity index (χ4n) is 3.17. The molecule has 7 heteroatoms. The van der Waals surface area contributed by atoms with Gasteiger partial charge in [0.15, 0.2) is 5.16 Å². The van der Waals surface area contributed by atoms with Crippen molar-refractivity contribution in [2.45, 2.75) is 19.0 Å². The second-order valence-electron chi connectivity index (χ2n) is 7.21. The van der Waals surface area contributed by atoms with E-state index in [9.17, 15) is 14.0 Å². The summed E-state index contributed by atoms with van der Waals surface area (Å²) < 4.78 is 15.5. The Morgan fingerprint density at radius 2 is 1.74 bits per heavy atom. The zero-order valence-electron chi connectivity index (χ0n) is 17.1. The SMILES string of the molecule is Cc1ccc(-n2c(SCC(=O)Nc3ccc(C)cc3F)nc3ccccc3c2=O)cc1. The summed E-state index contributed by atoms with van der Waals surface area (Å²) in [4.78, 5) is 30.3. The Bertz CT molecular complexity index is 1330. The van der Waals surface area contributed by atoms with E-state index in [-0.39, 0.29) is 22.9 Å². The Labute approximate surface area is 182 Å². The second kappa shape index (κ2) is 8.73. The van der Waals surface area contributed by atoms with E-state index >= 15 is 0 Å². The summed E-state index contributed by atoms with van der Waals surface area (Å²) in [6.07, 6.45) is 0. The molecule has 1 aromatic heterocycles. The van der Waals surface area contributed by atoms with Gasteiger partial charge in [-0.15, -0.1) is 0 Å². The van der Waals surface area contributed by atoms with E-state index < -0.39 is 5.82 Å². The first kappa shape index (κ1) is 20.8. The molecule has 1 amide bonds. The van der Waals surface area contributed by atoms with Crippen molar-refractivity contribution in [2.75, 3.05) is 11.1 Å². The largest absolute Gasteiger partial charge is 0.323 e. The molecule has 4 aromatic rings. The van der Waals surface area contributed by atoms with Crippen LogP contribution >= 0.6 is 11.8 Å². The van der Waals surface area contributed by atoms with Crippen molar-refractivity contribution in [3.8, 4) is 5.69 Å². The fourth-order valence-corrected chi connectivity index (χ4v) is 3.98. The minimum atomic E-state index is -0.487. The predicted octanol–water partition coefficient (Wildman–Crippen LogP) is 4.87. The maximum absolute atomic E-state index is 14.0. The monoisotopic (exact) mass is 433 g/mol. The van der Waals surface area contributed by atoms with Gasteiger partial charge in [-0.1, -0.05) is 47.7 Å². The number of nitrogens with zero attached hydrogens (tertiary/aromatic N) is 2. The van der Waals surface area contributed by atoms with Gasteiger partial charge in [0.05, 0.1) is 28.0 Å². The highest BCUT2D eigenvalue weighted by atomic mass is 32.2. The van der Waals surface area contributed by atoms with Gasteiger partial charge < -0.3 is 5.32 Å². The number of hydrogen-bond acceptors (Lipinski definition) is 4. The zero-order valence-corrected chi connectivity index (χ0v) is 17.9. The molecule has 5 nitrogen and oxygen atoms in total. The number of para-hydroxylation sites is 1. The summed E-state index contributed by atoms with van der Waals surface area (Å²) in [5.74, 6) is -0.895. The van der Waals surface area contributed by atoms with Crippen molar-refractivity contribution in [2.24, 2.45) is 0 Å². The van der Waals surface area contributed by atoms with E-state index in [2.05, 4.69) is 10.3 Å². The molecule has 0 saturated heterocycles. The molecule has 4 rings (SSSR count). The van der Waals surface area contributed by atoms with E-state index in [1.807, 2.05) is 37.3 Å². The van der Waals surface area contributed by atoms with Crippen LogP contribution in [0.5, 0.6) is 0 Å². The first-order valence-corrected chi connectivity index (χ1v) is 10.7. The molecule has 0 saturated carbocycles. The van der Waals surface area contributed by atoms with Gasteiger partial charge in [-0.25, -0.2) is 9.37 Å². The maximum Gasteiger partial charge on any atom is 0.266 e. The van der Waals surface area contributed by atoms with Crippen LogP contribution in [0.2, 0.25) is 0 Å². The standard InChI is InChI=1S/C24H20FN3O2S/c1-15-7-10-17(11-8-15)28-23(30)18-5-3-4-6-20(18)27-24(28)31-14-22(29)26-21-12-9-16(2)13-19(21)25/h3-13H,14H2,1-2H3,(H,26,29). The van der Waals surface area contributed by atoms with Crippen LogP contribution in [0.25, 0.3) is 16.6 Å². The highest BCUT2D eigenvalue weighted by Gasteiger charge is 2.15. The third kappa shape index (κ3) is 4.51. The van der Waals surface area contributed by atoms with E-state index in [0.717, 1.165) is 22.9 Å².